The Hall–Kier alpha value is -0.760. The monoisotopic (exact) mass is 918 g/mol. The van der Waals surface area contributed by atoms with Gasteiger partial charge in [0.05, 0.1) is 44.7 Å². The lowest BCUT2D eigenvalue weighted by molar-refractivity contribution is -0.399. The van der Waals surface area contributed by atoms with E-state index in [2.05, 4.69) is 27.7 Å². The summed E-state index contributed by atoms with van der Waals surface area (Å²) < 4.78 is 51.0. The lowest BCUT2D eigenvalue weighted by Crippen LogP contribution is -2.68. The molecule has 1 spiro atoms. The largest absolute Gasteiger partial charge is 0.394 e. The van der Waals surface area contributed by atoms with E-state index in [0.717, 1.165) is 38.5 Å². The first-order chi connectivity index (χ1) is 30.4. The van der Waals surface area contributed by atoms with Crippen molar-refractivity contribution in [2.45, 2.75) is 202 Å². The van der Waals surface area contributed by atoms with Crippen molar-refractivity contribution in [2.24, 2.45) is 52.3 Å². The van der Waals surface area contributed by atoms with Crippen LogP contribution in [0.2, 0.25) is 0 Å². The first-order valence-corrected chi connectivity index (χ1v) is 23.9. The Bertz CT molecular complexity index is 1600. The van der Waals surface area contributed by atoms with Gasteiger partial charge in [-0.25, -0.2) is 0 Å². The minimum atomic E-state index is -1.91. The molecule has 19 nitrogen and oxygen atoms in total. The second-order valence-corrected chi connectivity index (χ2v) is 21.7. The number of hydrogen-bond donors (Lipinski definition) is 11. The smallest absolute Gasteiger partial charge is 0.187 e. The molecule has 0 radical (unpaired) electrons. The number of fused-ring (bicyclic) bond motifs is 7. The zero-order valence-electron chi connectivity index (χ0n) is 37.3. The third-order valence-electron chi connectivity index (χ3n) is 18.3. The van der Waals surface area contributed by atoms with E-state index in [1.165, 1.54) is 0 Å². The number of aliphatic hydroxyl groups is 11. The summed E-state index contributed by atoms with van der Waals surface area (Å²) in [6.07, 6.45) is -19.2. The predicted octanol–water partition coefficient (Wildman–Crippen LogP) is -1.76. The second kappa shape index (κ2) is 18.2. The molecule has 5 saturated heterocycles. The van der Waals surface area contributed by atoms with Gasteiger partial charge in [0.15, 0.2) is 24.7 Å². The van der Waals surface area contributed by atoms with Crippen molar-refractivity contribution in [2.75, 3.05) is 26.4 Å². The highest BCUT2D eigenvalue weighted by molar-refractivity contribution is 5.17. The second-order valence-electron chi connectivity index (χ2n) is 21.7. The van der Waals surface area contributed by atoms with Crippen molar-refractivity contribution in [1.29, 1.82) is 0 Å². The number of hydrogen-bond acceptors (Lipinski definition) is 19. The summed E-state index contributed by atoms with van der Waals surface area (Å²) >= 11 is 0. The topological polar surface area (TPSA) is 296 Å². The Kier molecular flexibility index (Phi) is 13.7. The van der Waals surface area contributed by atoms with E-state index in [1.807, 2.05) is 0 Å². The highest BCUT2D eigenvalue weighted by Crippen LogP contribution is 2.71. The van der Waals surface area contributed by atoms with Crippen LogP contribution in [0.15, 0.2) is 0 Å². The van der Waals surface area contributed by atoms with Crippen LogP contribution in [0, 0.1) is 52.3 Å². The van der Waals surface area contributed by atoms with Crippen LogP contribution in [0.4, 0.5) is 0 Å². The maximum atomic E-state index is 11.8. The van der Waals surface area contributed by atoms with E-state index in [9.17, 15) is 56.2 Å². The average Bonchev–Trinajstić information content (AvgIpc) is 3.73. The van der Waals surface area contributed by atoms with Crippen LogP contribution in [0.25, 0.3) is 0 Å². The molecule has 368 valence electrons. The summed E-state index contributed by atoms with van der Waals surface area (Å²) in [4.78, 5) is 0. The highest BCUT2D eigenvalue weighted by atomic mass is 16.8. The van der Waals surface area contributed by atoms with Gasteiger partial charge in [-0.1, -0.05) is 27.7 Å². The van der Waals surface area contributed by atoms with Crippen molar-refractivity contribution in [3.63, 3.8) is 0 Å². The quantitative estimate of drug-likeness (QED) is 0.114. The molecule has 64 heavy (non-hydrogen) atoms. The summed E-state index contributed by atoms with van der Waals surface area (Å²) in [5, 5.41) is 118. The van der Waals surface area contributed by atoms with Gasteiger partial charge in [-0.05, 0) is 97.7 Å². The highest BCUT2D eigenvalue weighted by Gasteiger charge is 2.70. The first kappa shape index (κ1) is 48.3. The van der Waals surface area contributed by atoms with Gasteiger partial charge in [0, 0.05) is 12.3 Å². The minimum Gasteiger partial charge on any atom is -0.394 e. The number of rotatable bonds is 9. The molecule has 28 unspecified atom stereocenters. The molecule has 0 aromatic heterocycles. The molecule has 19 heteroatoms. The summed E-state index contributed by atoms with van der Waals surface area (Å²) in [6, 6.07) is 0. The van der Waals surface area contributed by atoms with Gasteiger partial charge in [-0.3, -0.25) is 0 Å². The fourth-order valence-electron chi connectivity index (χ4n) is 14.7. The van der Waals surface area contributed by atoms with Crippen LogP contribution in [-0.2, 0) is 37.9 Å². The predicted molar refractivity (Wildman–Crippen MR) is 217 cm³/mol. The molecule has 0 aromatic rings. The Morgan fingerprint density at radius 3 is 1.72 bits per heavy atom. The van der Waals surface area contributed by atoms with Crippen molar-refractivity contribution >= 4 is 0 Å². The van der Waals surface area contributed by atoms with E-state index in [-0.39, 0.29) is 40.6 Å². The molecular weight excluding hydrogens is 844 g/mol. The van der Waals surface area contributed by atoms with E-state index >= 15 is 0 Å². The van der Waals surface area contributed by atoms with Crippen molar-refractivity contribution < 1.29 is 94.1 Å². The van der Waals surface area contributed by atoms with Gasteiger partial charge in [-0.15, -0.1) is 0 Å². The van der Waals surface area contributed by atoms with Gasteiger partial charge in [-0.2, -0.15) is 0 Å². The van der Waals surface area contributed by atoms with Gasteiger partial charge >= 0.3 is 0 Å². The van der Waals surface area contributed by atoms with Gasteiger partial charge in [0.2, 0.25) is 0 Å². The number of aliphatic hydroxyl groups excluding tert-OH is 11. The van der Waals surface area contributed by atoms with Crippen LogP contribution in [-0.4, -0.2) is 199 Å². The third kappa shape index (κ3) is 7.85. The molecule has 4 aliphatic carbocycles. The average molecular weight is 919 g/mol. The fraction of sp³-hybridized carbons (Fsp3) is 1.00. The summed E-state index contributed by atoms with van der Waals surface area (Å²) in [5.74, 6) is 1.02. The lowest BCUT2D eigenvalue weighted by Gasteiger charge is -2.63. The molecule has 9 aliphatic rings. The van der Waals surface area contributed by atoms with E-state index in [4.69, 9.17) is 37.9 Å². The van der Waals surface area contributed by atoms with Gasteiger partial charge in [0.1, 0.15) is 73.2 Å². The van der Waals surface area contributed by atoms with Crippen molar-refractivity contribution in [1.82, 2.24) is 0 Å². The molecule has 4 saturated carbocycles. The minimum absolute atomic E-state index is 0.0420. The molecule has 5 aliphatic heterocycles. The van der Waals surface area contributed by atoms with Crippen LogP contribution >= 0.6 is 0 Å². The Morgan fingerprint density at radius 2 is 1.12 bits per heavy atom. The maximum absolute atomic E-state index is 11.8. The zero-order valence-corrected chi connectivity index (χ0v) is 37.3. The van der Waals surface area contributed by atoms with Gasteiger partial charge in [0.25, 0.3) is 0 Å². The molecular formula is C45H74O19. The Balaban J connectivity index is 1.05. The van der Waals surface area contributed by atoms with Gasteiger partial charge < -0.3 is 94.1 Å². The summed E-state index contributed by atoms with van der Waals surface area (Å²) in [6.45, 7) is 7.65. The van der Waals surface area contributed by atoms with Crippen LogP contribution in [0.3, 0.4) is 0 Å². The Morgan fingerprint density at radius 1 is 0.547 bits per heavy atom. The number of ether oxygens (including phenoxy) is 8. The van der Waals surface area contributed by atoms with Crippen molar-refractivity contribution in [3.05, 3.63) is 0 Å². The molecule has 28 atom stereocenters. The fourth-order valence-corrected chi connectivity index (χ4v) is 14.7. The molecule has 0 amide bonds. The molecule has 0 aromatic carbocycles. The summed E-state index contributed by atoms with van der Waals surface area (Å²) in [5.41, 5.74) is -0.317. The molecule has 9 rings (SSSR count). The van der Waals surface area contributed by atoms with Crippen LogP contribution in [0.5, 0.6) is 0 Å². The normalized spacial score (nSPS) is 58.6. The van der Waals surface area contributed by atoms with Crippen LogP contribution in [0.1, 0.15) is 85.5 Å². The molecule has 0 bridgehead atoms. The van der Waals surface area contributed by atoms with Crippen molar-refractivity contribution in [3.8, 4) is 0 Å². The van der Waals surface area contributed by atoms with E-state index in [1.54, 1.807) is 0 Å². The zero-order chi connectivity index (χ0) is 45.8. The van der Waals surface area contributed by atoms with E-state index < -0.39 is 130 Å². The van der Waals surface area contributed by atoms with E-state index in [0.29, 0.717) is 43.6 Å². The maximum Gasteiger partial charge on any atom is 0.187 e. The standard InChI is InChI=1S/C45H74O19/c1-18-5-10-45(57-17-18)19(2)30-26(64-45)13-23-21-12-25(24-11-20(49)6-8-43(24,3)22(21)7-9-44(23,30)4)58-42-39(63-41-37(56)35(54)32(51)28(15-47)60-41)38(33(52)29(16-48)61-42)62-40-36(55)34(53)31(50)27(14-46)59-40/h18-42,46-56H,5-17H2,1-4H3. The lowest BCUT2D eigenvalue weighted by atomic mass is 9.43. The van der Waals surface area contributed by atoms with Crippen LogP contribution < -0.4 is 0 Å². The SMILES string of the molecule is CC1CCC2(OC1)OC1CC3C4CC(OC5OC(CO)C(O)C(OC6OC(CO)C(O)C(O)C6O)C5OC5OC(CO)C(O)C(O)C5O)C5CC(O)CCC5(C)C4CCC3(C)C1C2C. The third-order valence-corrected chi connectivity index (χ3v) is 18.3. The Labute approximate surface area is 373 Å². The molecule has 9 fully saturated rings. The summed E-state index contributed by atoms with van der Waals surface area (Å²) in [7, 11) is 0. The molecule has 11 N–H and O–H groups in total. The first-order valence-electron chi connectivity index (χ1n) is 23.9. The molecule has 5 heterocycles.